The van der Waals surface area contributed by atoms with Gasteiger partial charge in [0.05, 0.1) is 12.8 Å². The van der Waals surface area contributed by atoms with E-state index in [4.69, 9.17) is 9.47 Å². The second-order valence-electron chi connectivity index (χ2n) is 3.75. The van der Waals surface area contributed by atoms with Crippen molar-refractivity contribution < 1.29 is 14.3 Å². The zero-order chi connectivity index (χ0) is 12.7. The first-order valence-corrected chi connectivity index (χ1v) is 5.87. The second-order valence-corrected chi connectivity index (χ2v) is 3.75. The predicted molar refractivity (Wildman–Crippen MR) is 65.4 cm³/mol. The molecule has 0 fully saturated rings. The maximum absolute atomic E-state index is 12.0. The fraction of sp³-hybridized carbons (Fsp3) is 0.538. The molecular weight excluding hydrogens is 218 g/mol. The van der Waals surface area contributed by atoms with Gasteiger partial charge in [-0.2, -0.15) is 0 Å². The first kappa shape index (κ1) is 13.6. The molecule has 0 saturated carbocycles. The maximum Gasteiger partial charge on any atom is 0.193 e. The Morgan fingerprint density at radius 3 is 2.76 bits per heavy atom. The zero-order valence-electron chi connectivity index (χ0n) is 10.6. The first-order chi connectivity index (χ1) is 8.22. The van der Waals surface area contributed by atoms with Gasteiger partial charge in [-0.3, -0.25) is 9.78 Å². The van der Waals surface area contributed by atoms with Gasteiger partial charge in [-0.1, -0.05) is 13.8 Å². The van der Waals surface area contributed by atoms with Crippen LogP contribution in [0.15, 0.2) is 18.5 Å². The average Bonchev–Trinajstić information content (AvgIpc) is 2.38. The highest BCUT2D eigenvalue weighted by molar-refractivity contribution is 5.99. The van der Waals surface area contributed by atoms with Gasteiger partial charge in [0, 0.05) is 18.9 Å². The van der Waals surface area contributed by atoms with Crippen molar-refractivity contribution in [2.24, 2.45) is 0 Å². The molecule has 1 heterocycles. The van der Waals surface area contributed by atoms with Gasteiger partial charge >= 0.3 is 0 Å². The highest BCUT2D eigenvalue weighted by atomic mass is 16.5. The lowest BCUT2D eigenvalue weighted by Crippen LogP contribution is -2.22. The van der Waals surface area contributed by atoms with Crippen LogP contribution in [0, 0.1) is 0 Å². The number of carbonyl (C=O) groups excluding carboxylic acids is 1. The third-order valence-electron chi connectivity index (χ3n) is 2.42. The van der Waals surface area contributed by atoms with Crippen LogP contribution in [0.5, 0.6) is 5.75 Å². The Morgan fingerprint density at radius 2 is 2.18 bits per heavy atom. The summed E-state index contributed by atoms with van der Waals surface area (Å²) < 4.78 is 10.6. The number of pyridine rings is 1. The van der Waals surface area contributed by atoms with Gasteiger partial charge in [0.25, 0.3) is 0 Å². The standard InChI is InChI=1S/C13H19NO3/c1-4-6-17-11-7-10(8-14-9-11)13(15)12(5-2)16-3/h7-9,12H,4-6H2,1-3H3. The molecule has 4 nitrogen and oxygen atoms in total. The van der Waals surface area contributed by atoms with E-state index in [0.717, 1.165) is 6.42 Å². The number of ether oxygens (including phenoxy) is 2. The third kappa shape index (κ3) is 3.82. The summed E-state index contributed by atoms with van der Waals surface area (Å²) in [5.74, 6) is 0.577. The van der Waals surface area contributed by atoms with Crippen LogP contribution in [0.1, 0.15) is 37.0 Å². The van der Waals surface area contributed by atoms with Gasteiger partial charge in [0.15, 0.2) is 5.78 Å². The highest BCUT2D eigenvalue weighted by Crippen LogP contribution is 2.15. The minimum atomic E-state index is -0.404. The van der Waals surface area contributed by atoms with Crippen molar-refractivity contribution >= 4 is 5.78 Å². The molecule has 1 aromatic rings. The first-order valence-electron chi connectivity index (χ1n) is 5.87. The van der Waals surface area contributed by atoms with Crippen LogP contribution in [0.4, 0.5) is 0 Å². The van der Waals surface area contributed by atoms with Crippen LogP contribution >= 0.6 is 0 Å². The smallest absolute Gasteiger partial charge is 0.193 e. The molecule has 4 heteroatoms. The van der Waals surface area contributed by atoms with E-state index in [1.165, 1.54) is 7.11 Å². The molecule has 0 spiro atoms. The molecule has 1 atom stereocenters. The summed E-state index contributed by atoms with van der Waals surface area (Å²) in [5.41, 5.74) is 0.535. The number of hydrogen-bond donors (Lipinski definition) is 0. The van der Waals surface area contributed by atoms with E-state index in [9.17, 15) is 4.79 Å². The molecule has 0 saturated heterocycles. The summed E-state index contributed by atoms with van der Waals surface area (Å²) in [7, 11) is 1.54. The van der Waals surface area contributed by atoms with Crippen LogP contribution in [0.3, 0.4) is 0 Å². The van der Waals surface area contributed by atoms with E-state index in [-0.39, 0.29) is 5.78 Å². The molecule has 17 heavy (non-hydrogen) atoms. The molecule has 0 bridgehead atoms. The van der Waals surface area contributed by atoms with Gasteiger partial charge in [0.1, 0.15) is 11.9 Å². The summed E-state index contributed by atoms with van der Waals surface area (Å²) in [5, 5.41) is 0. The Balaban J connectivity index is 2.79. The molecule has 0 aliphatic rings. The van der Waals surface area contributed by atoms with Crippen molar-refractivity contribution in [2.75, 3.05) is 13.7 Å². The molecular formula is C13H19NO3. The minimum Gasteiger partial charge on any atom is -0.492 e. The zero-order valence-corrected chi connectivity index (χ0v) is 10.6. The SMILES string of the molecule is CCCOc1cncc(C(=O)C(CC)OC)c1. The van der Waals surface area contributed by atoms with E-state index in [1.807, 2.05) is 13.8 Å². The normalized spacial score (nSPS) is 12.2. The average molecular weight is 237 g/mol. The van der Waals surface area contributed by atoms with Crippen molar-refractivity contribution in [3.8, 4) is 5.75 Å². The quantitative estimate of drug-likeness (QED) is 0.683. The minimum absolute atomic E-state index is 0.0514. The fourth-order valence-corrected chi connectivity index (χ4v) is 1.50. The van der Waals surface area contributed by atoms with Gasteiger partial charge in [-0.25, -0.2) is 0 Å². The van der Waals surface area contributed by atoms with Gasteiger partial charge in [0.2, 0.25) is 0 Å². The molecule has 0 N–H and O–H groups in total. The number of Topliss-reactive ketones (excluding diaryl/α,β-unsaturated/α-hetero) is 1. The molecule has 1 aromatic heterocycles. The van der Waals surface area contributed by atoms with Crippen molar-refractivity contribution in [3.05, 3.63) is 24.0 Å². The summed E-state index contributed by atoms with van der Waals surface area (Å²) in [4.78, 5) is 16.0. The Hall–Kier alpha value is -1.42. The van der Waals surface area contributed by atoms with Crippen molar-refractivity contribution in [2.45, 2.75) is 32.8 Å². The highest BCUT2D eigenvalue weighted by Gasteiger charge is 2.18. The van der Waals surface area contributed by atoms with Crippen LogP contribution in [-0.2, 0) is 4.74 Å². The van der Waals surface area contributed by atoms with Crippen molar-refractivity contribution in [1.82, 2.24) is 4.98 Å². The van der Waals surface area contributed by atoms with Crippen molar-refractivity contribution in [3.63, 3.8) is 0 Å². The molecule has 0 aliphatic heterocycles. The summed E-state index contributed by atoms with van der Waals surface area (Å²) in [6.45, 7) is 4.57. The monoisotopic (exact) mass is 237 g/mol. The molecule has 0 radical (unpaired) electrons. The van der Waals surface area contributed by atoms with E-state index in [0.29, 0.717) is 24.3 Å². The van der Waals surface area contributed by atoms with E-state index < -0.39 is 6.10 Å². The molecule has 1 unspecified atom stereocenters. The van der Waals surface area contributed by atoms with E-state index in [2.05, 4.69) is 4.98 Å². The number of hydrogen-bond acceptors (Lipinski definition) is 4. The molecule has 1 rings (SSSR count). The van der Waals surface area contributed by atoms with Gasteiger partial charge in [-0.15, -0.1) is 0 Å². The third-order valence-corrected chi connectivity index (χ3v) is 2.42. The van der Waals surface area contributed by atoms with Crippen molar-refractivity contribution in [1.29, 1.82) is 0 Å². The molecule has 0 amide bonds. The number of ketones is 1. The van der Waals surface area contributed by atoms with Gasteiger partial charge in [-0.05, 0) is 18.9 Å². The number of nitrogens with zero attached hydrogens (tertiary/aromatic N) is 1. The number of carbonyl (C=O) groups is 1. The Labute approximate surface area is 102 Å². The lowest BCUT2D eigenvalue weighted by atomic mass is 10.1. The van der Waals surface area contributed by atoms with Crippen LogP contribution in [-0.4, -0.2) is 30.6 Å². The molecule has 0 aliphatic carbocycles. The topological polar surface area (TPSA) is 48.4 Å². The second kappa shape index (κ2) is 7.01. The lowest BCUT2D eigenvalue weighted by molar-refractivity contribution is 0.0595. The predicted octanol–water partition coefficient (Wildman–Crippen LogP) is 2.48. The number of aromatic nitrogens is 1. The summed E-state index contributed by atoms with van der Waals surface area (Å²) in [6, 6.07) is 1.71. The Bertz CT molecular complexity index is 361. The van der Waals surface area contributed by atoms with Crippen LogP contribution < -0.4 is 4.74 Å². The Morgan fingerprint density at radius 1 is 1.41 bits per heavy atom. The number of rotatable bonds is 7. The van der Waals surface area contributed by atoms with Gasteiger partial charge < -0.3 is 9.47 Å². The fourth-order valence-electron chi connectivity index (χ4n) is 1.50. The maximum atomic E-state index is 12.0. The van der Waals surface area contributed by atoms with E-state index >= 15 is 0 Å². The van der Waals surface area contributed by atoms with E-state index in [1.54, 1.807) is 18.5 Å². The largest absolute Gasteiger partial charge is 0.492 e. The summed E-state index contributed by atoms with van der Waals surface area (Å²) >= 11 is 0. The number of methoxy groups -OCH3 is 1. The molecule has 0 aromatic carbocycles. The van der Waals surface area contributed by atoms with Crippen LogP contribution in [0.2, 0.25) is 0 Å². The Kier molecular flexibility index (Phi) is 5.63. The molecule has 94 valence electrons. The summed E-state index contributed by atoms with van der Waals surface area (Å²) in [6.07, 6.45) is 4.32. The lowest BCUT2D eigenvalue weighted by Gasteiger charge is -2.12. The van der Waals surface area contributed by atoms with Crippen LogP contribution in [0.25, 0.3) is 0 Å².